The minimum absolute atomic E-state index is 0.338. The SMILES string of the molecule is NNC(c1cc(Cl)ccc1F)c1cscc1Br. The van der Waals surface area contributed by atoms with Crippen LogP contribution in [0.1, 0.15) is 17.2 Å². The fourth-order valence-electron chi connectivity index (χ4n) is 1.58. The number of hydrazine groups is 1. The summed E-state index contributed by atoms with van der Waals surface area (Å²) in [7, 11) is 0. The van der Waals surface area contributed by atoms with E-state index in [9.17, 15) is 4.39 Å². The average Bonchev–Trinajstić information content (AvgIpc) is 2.71. The first kappa shape index (κ1) is 13.0. The van der Waals surface area contributed by atoms with E-state index in [-0.39, 0.29) is 5.82 Å². The van der Waals surface area contributed by atoms with Crippen LogP contribution in [-0.4, -0.2) is 0 Å². The van der Waals surface area contributed by atoms with Gasteiger partial charge in [-0.1, -0.05) is 11.6 Å². The van der Waals surface area contributed by atoms with Crippen molar-refractivity contribution < 1.29 is 4.39 Å². The Balaban J connectivity index is 2.49. The van der Waals surface area contributed by atoms with Crippen LogP contribution in [0.25, 0.3) is 0 Å². The van der Waals surface area contributed by atoms with E-state index < -0.39 is 6.04 Å². The predicted octanol–water partition coefficient (Wildman–Crippen LogP) is 3.86. The number of rotatable bonds is 3. The van der Waals surface area contributed by atoms with Crippen molar-refractivity contribution in [2.75, 3.05) is 0 Å². The molecular formula is C11H9BrClFN2S. The fourth-order valence-corrected chi connectivity index (χ4v) is 3.31. The maximum absolute atomic E-state index is 13.8. The zero-order valence-electron chi connectivity index (χ0n) is 8.58. The first-order valence-corrected chi connectivity index (χ1v) is 6.87. The second-order valence-electron chi connectivity index (χ2n) is 3.44. The van der Waals surface area contributed by atoms with Gasteiger partial charge in [0.2, 0.25) is 0 Å². The minimum Gasteiger partial charge on any atom is -0.271 e. The average molecular weight is 336 g/mol. The third-order valence-electron chi connectivity index (χ3n) is 2.39. The lowest BCUT2D eigenvalue weighted by atomic mass is 10.0. The van der Waals surface area contributed by atoms with Crippen LogP contribution in [-0.2, 0) is 0 Å². The molecule has 0 spiro atoms. The molecule has 0 radical (unpaired) electrons. The minimum atomic E-state index is -0.422. The highest BCUT2D eigenvalue weighted by atomic mass is 79.9. The van der Waals surface area contributed by atoms with E-state index in [0.717, 1.165) is 10.0 Å². The molecule has 1 heterocycles. The molecule has 0 aliphatic carbocycles. The predicted molar refractivity (Wildman–Crippen MR) is 72.6 cm³/mol. The van der Waals surface area contributed by atoms with Crippen LogP contribution in [0.2, 0.25) is 5.02 Å². The van der Waals surface area contributed by atoms with Crippen LogP contribution >= 0.6 is 38.9 Å². The summed E-state index contributed by atoms with van der Waals surface area (Å²) in [6, 6.07) is 4.00. The molecule has 1 aromatic carbocycles. The number of hydrogen-bond donors (Lipinski definition) is 2. The first-order chi connectivity index (χ1) is 8.13. The van der Waals surface area contributed by atoms with Crippen LogP contribution in [0, 0.1) is 5.82 Å². The van der Waals surface area contributed by atoms with Gasteiger partial charge < -0.3 is 0 Å². The summed E-state index contributed by atoms with van der Waals surface area (Å²) in [5.41, 5.74) is 3.93. The molecule has 1 aromatic heterocycles. The van der Waals surface area contributed by atoms with Gasteiger partial charge >= 0.3 is 0 Å². The normalized spacial score (nSPS) is 12.7. The Bertz CT molecular complexity index is 532. The van der Waals surface area contributed by atoms with E-state index in [1.165, 1.54) is 23.5 Å². The summed E-state index contributed by atoms with van der Waals surface area (Å²) < 4.78 is 14.7. The van der Waals surface area contributed by atoms with Gasteiger partial charge in [-0.2, -0.15) is 11.3 Å². The van der Waals surface area contributed by atoms with Crippen LogP contribution < -0.4 is 11.3 Å². The Morgan fingerprint density at radius 2 is 2.12 bits per heavy atom. The van der Waals surface area contributed by atoms with Crippen molar-refractivity contribution in [3.05, 3.63) is 55.4 Å². The fraction of sp³-hybridized carbons (Fsp3) is 0.0909. The molecule has 0 bridgehead atoms. The molecule has 0 fully saturated rings. The number of thiophene rings is 1. The highest BCUT2D eigenvalue weighted by molar-refractivity contribution is 9.10. The van der Waals surface area contributed by atoms with Crippen molar-refractivity contribution in [3.63, 3.8) is 0 Å². The number of halogens is 3. The molecule has 6 heteroatoms. The zero-order valence-corrected chi connectivity index (χ0v) is 11.7. The lowest BCUT2D eigenvalue weighted by Crippen LogP contribution is -2.29. The Morgan fingerprint density at radius 1 is 1.35 bits per heavy atom. The smallest absolute Gasteiger partial charge is 0.128 e. The molecule has 1 atom stereocenters. The standard InChI is InChI=1S/C11H9BrClFN2S/c12-9-5-17-4-8(9)11(16-15)7-3-6(13)1-2-10(7)14/h1-5,11,16H,15H2. The van der Waals surface area contributed by atoms with Crippen molar-refractivity contribution in [1.82, 2.24) is 5.43 Å². The summed E-state index contributed by atoms with van der Waals surface area (Å²) in [6.07, 6.45) is 0. The Labute approximate surface area is 116 Å². The third-order valence-corrected chi connectivity index (χ3v) is 4.38. The van der Waals surface area contributed by atoms with Gasteiger partial charge in [-0.3, -0.25) is 5.84 Å². The second-order valence-corrected chi connectivity index (χ2v) is 5.47. The van der Waals surface area contributed by atoms with Gasteiger partial charge in [0.15, 0.2) is 0 Å². The molecule has 0 aliphatic heterocycles. The number of nitrogens with two attached hydrogens (primary N) is 1. The van der Waals surface area contributed by atoms with Crippen molar-refractivity contribution in [1.29, 1.82) is 0 Å². The van der Waals surface area contributed by atoms with E-state index in [2.05, 4.69) is 21.4 Å². The number of nitrogens with one attached hydrogen (secondary N) is 1. The van der Waals surface area contributed by atoms with Crippen molar-refractivity contribution in [3.8, 4) is 0 Å². The van der Waals surface area contributed by atoms with Gasteiger partial charge in [-0.15, -0.1) is 0 Å². The topological polar surface area (TPSA) is 38.0 Å². The van der Waals surface area contributed by atoms with Gasteiger partial charge in [0.25, 0.3) is 0 Å². The van der Waals surface area contributed by atoms with Crippen molar-refractivity contribution >= 4 is 38.9 Å². The van der Waals surface area contributed by atoms with E-state index in [1.54, 1.807) is 6.07 Å². The molecule has 0 aliphatic rings. The molecule has 0 amide bonds. The lowest BCUT2D eigenvalue weighted by Gasteiger charge is -2.17. The maximum Gasteiger partial charge on any atom is 0.128 e. The molecule has 0 saturated heterocycles. The lowest BCUT2D eigenvalue weighted by molar-refractivity contribution is 0.560. The number of benzene rings is 1. The molecule has 90 valence electrons. The van der Waals surface area contributed by atoms with Gasteiger partial charge in [0.1, 0.15) is 5.82 Å². The van der Waals surface area contributed by atoms with Crippen LogP contribution in [0.5, 0.6) is 0 Å². The molecular weight excluding hydrogens is 327 g/mol. The van der Waals surface area contributed by atoms with Gasteiger partial charge in [-0.05, 0) is 45.1 Å². The highest BCUT2D eigenvalue weighted by Gasteiger charge is 2.19. The van der Waals surface area contributed by atoms with Crippen molar-refractivity contribution in [2.24, 2.45) is 5.84 Å². The summed E-state index contributed by atoms with van der Waals surface area (Å²) >= 11 is 10.8. The monoisotopic (exact) mass is 334 g/mol. The van der Waals surface area contributed by atoms with Gasteiger partial charge in [0.05, 0.1) is 6.04 Å². The van der Waals surface area contributed by atoms with Crippen molar-refractivity contribution in [2.45, 2.75) is 6.04 Å². The Morgan fingerprint density at radius 3 is 2.71 bits per heavy atom. The second kappa shape index (κ2) is 5.46. The van der Waals surface area contributed by atoms with E-state index in [4.69, 9.17) is 17.4 Å². The molecule has 0 saturated carbocycles. The van der Waals surface area contributed by atoms with Gasteiger partial charge in [-0.25, -0.2) is 9.82 Å². The molecule has 2 aromatic rings. The van der Waals surface area contributed by atoms with Crippen LogP contribution in [0.15, 0.2) is 33.4 Å². The van der Waals surface area contributed by atoms with E-state index in [0.29, 0.717) is 10.6 Å². The van der Waals surface area contributed by atoms with E-state index >= 15 is 0 Å². The highest BCUT2D eigenvalue weighted by Crippen LogP contribution is 2.33. The molecule has 2 nitrogen and oxygen atoms in total. The zero-order chi connectivity index (χ0) is 12.4. The third kappa shape index (κ3) is 2.69. The van der Waals surface area contributed by atoms with E-state index in [1.807, 2.05) is 10.8 Å². The maximum atomic E-state index is 13.8. The summed E-state index contributed by atoms with van der Waals surface area (Å²) in [5, 5.41) is 4.31. The Hall–Kier alpha value is -0.460. The molecule has 17 heavy (non-hydrogen) atoms. The van der Waals surface area contributed by atoms with Crippen LogP contribution in [0.3, 0.4) is 0 Å². The molecule has 2 rings (SSSR count). The number of hydrogen-bond acceptors (Lipinski definition) is 3. The molecule has 3 N–H and O–H groups in total. The summed E-state index contributed by atoms with van der Waals surface area (Å²) in [4.78, 5) is 0. The molecule has 1 unspecified atom stereocenters. The largest absolute Gasteiger partial charge is 0.271 e. The quantitative estimate of drug-likeness (QED) is 0.660. The van der Waals surface area contributed by atoms with Gasteiger partial charge in [0, 0.05) is 20.4 Å². The summed E-state index contributed by atoms with van der Waals surface area (Å²) in [6.45, 7) is 0. The first-order valence-electron chi connectivity index (χ1n) is 4.76. The van der Waals surface area contributed by atoms with Crippen LogP contribution in [0.4, 0.5) is 4.39 Å². The summed E-state index contributed by atoms with van der Waals surface area (Å²) in [5.74, 6) is 5.17. The Kier molecular flexibility index (Phi) is 4.17.